The Hall–Kier alpha value is -3.18. The van der Waals surface area contributed by atoms with Gasteiger partial charge in [0, 0.05) is 17.0 Å². The first-order valence-corrected chi connectivity index (χ1v) is 10.2. The second-order valence-electron chi connectivity index (χ2n) is 7.24. The Morgan fingerprint density at radius 1 is 0.933 bits per heavy atom. The molecule has 2 aliphatic heterocycles. The number of rotatable bonds is 4. The second-order valence-corrected chi connectivity index (χ2v) is 7.68. The van der Waals surface area contributed by atoms with Crippen LogP contribution in [0.25, 0.3) is 0 Å². The Labute approximate surface area is 180 Å². The molecule has 0 bridgehead atoms. The van der Waals surface area contributed by atoms with Crippen LogP contribution < -0.4 is 14.2 Å². The van der Waals surface area contributed by atoms with Crippen molar-refractivity contribution >= 4 is 17.3 Å². The molecule has 0 aliphatic carbocycles. The molecule has 5 nitrogen and oxygen atoms in total. The van der Waals surface area contributed by atoms with Crippen LogP contribution in [-0.4, -0.2) is 24.9 Å². The van der Waals surface area contributed by atoms with Crippen LogP contribution in [0.15, 0.2) is 71.8 Å². The number of fused-ring (bicyclic) bond motifs is 3. The molecule has 0 N–H and O–H groups in total. The molecule has 2 atom stereocenters. The summed E-state index contributed by atoms with van der Waals surface area (Å²) >= 11 is 6.08. The van der Waals surface area contributed by atoms with E-state index in [1.54, 1.807) is 14.2 Å². The second kappa shape index (κ2) is 7.58. The van der Waals surface area contributed by atoms with Crippen molar-refractivity contribution in [3.63, 3.8) is 0 Å². The number of para-hydroxylation sites is 2. The largest absolute Gasteiger partial charge is 0.493 e. The molecule has 2 heterocycles. The number of methoxy groups -OCH3 is 2. The minimum absolute atomic E-state index is 0.0709. The number of hydrazone groups is 1. The van der Waals surface area contributed by atoms with Crippen molar-refractivity contribution in [3.8, 4) is 17.2 Å². The fourth-order valence-electron chi connectivity index (χ4n) is 4.16. The standard InChI is InChI=1S/C24H21ClN2O3/c1-28-22-9-5-7-18(23(22)29-2)24-27-20(17-6-3-4-8-21(17)30-24)14-19(26-27)15-10-12-16(25)13-11-15/h3-13,20,24H,14H2,1-2H3/t20-,24+/m1/s1. The zero-order valence-corrected chi connectivity index (χ0v) is 17.5. The molecule has 0 saturated carbocycles. The molecule has 152 valence electrons. The monoisotopic (exact) mass is 420 g/mol. The van der Waals surface area contributed by atoms with Gasteiger partial charge in [-0.2, -0.15) is 5.10 Å². The molecule has 0 radical (unpaired) electrons. The number of hydrogen-bond donors (Lipinski definition) is 0. The SMILES string of the molecule is COc1cccc([C@@H]2Oc3ccccc3[C@H]3CC(c4ccc(Cl)cc4)=NN32)c1OC. The van der Waals surface area contributed by atoms with Gasteiger partial charge < -0.3 is 14.2 Å². The van der Waals surface area contributed by atoms with E-state index in [-0.39, 0.29) is 6.04 Å². The fourth-order valence-corrected chi connectivity index (χ4v) is 4.29. The van der Waals surface area contributed by atoms with Gasteiger partial charge in [0.25, 0.3) is 0 Å². The first-order valence-electron chi connectivity index (χ1n) is 9.78. The Bertz CT molecular complexity index is 1110. The van der Waals surface area contributed by atoms with Gasteiger partial charge >= 0.3 is 0 Å². The summed E-state index contributed by atoms with van der Waals surface area (Å²) in [6, 6.07) is 21.8. The molecule has 5 rings (SSSR count). The number of hydrogen-bond acceptors (Lipinski definition) is 5. The molecule has 0 unspecified atom stereocenters. The van der Waals surface area contributed by atoms with E-state index < -0.39 is 6.23 Å². The molecule has 6 heteroatoms. The van der Waals surface area contributed by atoms with Gasteiger partial charge in [-0.15, -0.1) is 0 Å². The van der Waals surface area contributed by atoms with E-state index in [9.17, 15) is 0 Å². The van der Waals surface area contributed by atoms with E-state index in [4.69, 9.17) is 30.9 Å². The Kier molecular flexibility index (Phi) is 4.75. The zero-order valence-electron chi connectivity index (χ0n) is 16.7. The molecule has 3 aromatic rings. The Morgan fingerprint density at radius 3 is 2.47 bits per heavy atom. The van der Waals surface area contributed by atoms with Gasteiger partial charge in [-0.25, -0.2) is 5.01 Å². The van der Waals surface area contributed by atoms with Gasteiger partial charge in [0.2, 0.25) is 6.23 Å². The van der Waals surface area contributed by atoms with E-state index in [1.807, 2.05) is 65.7 Å². The number of ether oxygens (including phenoxy) is 3. The van der Waals surface area contributed by atoms with Crippen molar-refractivity contribution < 1.29 is 14.2 Å². The van der Waals surface area contributed by atoms with Crippen molar-refractivity contribution in [1.82, 2.24) is 5.01 Å². The maximum absolute atomic E-state index is 6.44. The van der Waals surface area contributed by atoms with Crippen molar-refractivity contribution in [2.75, 3.05) is 14.2 Å². The summed E-state index contributed by atoms with van der Waals surface area (Å²) in [6.45, 7) is 0. The van der Waals surface area contributed by atoms with Crippen molar-refractivity contribution in [2.45, 2.75) is 18.7 Å². The summed E-state index contributed by atoms with van der Waals surface area (Å²) in [5.74, 6) is 2.18. The highest BCUT2D eigenvalue weighted by Crippen LogP contribution is 2.49. The van der Waals surface area contributed by atoms with E-state index in [2.05, 4.69) is 6.07 Å². The predicted octanol–water partition coefficient (Wildman–Crippen LogP) is 5.60. The molecule has 0 fully saturated rings. The normalized spacial score (nSPS) is 19.4. The molecular weight excluding hydrogens is 400 g/mol. The van der Waals surface area contributed by atoms with Crippen LogP contribution in [-0.2, 0) is 0 Å². The van der Waals surface area contributed by atoms with Crippen molar-refractivity contribution in [1.29, 1.82) is 0 Å². The lowest BCUT2D eigenvalue weighted by atomic mass is 9.96. The maximum Gasteiger partial charge on any atom is 0.217 e. The van der Waals surface area contributed by atoms with E-state index in [1.165, 1.54) is 0 Å². The van der Waals surface area contributed by atoms with Crippen LogP contribution in [0.4, 0.5) is 0 Å². The molecule has 0 saturated heterocycles. The van der Waals surface area contributed by atoms with Gasteiger partial charge in [0.15, 0.2) is 11.5 Å². The molecule has 2 aliphatic rings. The average Bonchev–Trinajstić information content (AvgIpc) is 3.24. The van der Waals surface area contributed by atoms with Crippen molar-refractivity contribution in [2.24, 2.45) is 5.10 Å². The van der Waals surface area contributed by atoms with Crippen molar-refractivity contribution in [3.05, 3.63) is 88.4 Å². The molecule has 0 aromatic heterocycles. The van der Waals surface area contributed by atoms with Crippen LogP contribution in [0.5, 0.6) is 17.2 Å². The smallest absolute Gasteiger partial charge is 0.217 e. The summed E-state index contributed by atoms with van der Waals surface area (Å²) in [6.07, 6.45) is 0.352. The number of halogens is 1. The molecule has 0 amide bonds. The molecule has 0 spiro atoms. The first kappa shape index (κ1) is 18.8. The topological polar surface area (TPSA) is 43.3 Å². The minimum atomic E-state index is -0.431. The molecule has 3 aromatic carbocycles. The van der Waals surface area contributed by atoms with Gasteiger partial charge in [0.1, 0.15) is 5.75 Å². The average molecular weight is 421 g/mol. The molecule has 30 heavy (non-hydrogen) atoms. The molecular formula is C24H21ClN2O3. The Morgan fingerprint density at radius 2 is 1.70 bits per heavy atom. The van der Waals surface area contributed by atoms with Crippen LogP contribution in [0.2, 0.25) is 5.02 Å². The van der Waals surface area contributed by atoms with Crippen LogP contribution in [0.1, 0.15) is 35.4 Å². The van der Waals surface area contributed by atoms with Gasteiger partial charge in [-0.3, -0.25) is 0 Å². The summed E-state index contributed by atoms with van der Waals surface area (Å²) in [4.78, 5) is 0. The number of benzene rings is 3. The van der Waals surface area contributed by atoms with E-state index in [0.29, 0.717) is 16.5 Å². The highest BCUT2D eigenvalue weighted by molar-refractivity contribution is 6.30. The summed E-state index contributed by atoms with van der Waals surface area (Å²) in [7, 11) is 3.27. The van der Waals surface area contributed by atoms with E-state index in [0.717, 1.165) is 34.6 Å². The van der Waals surface area contributed by atoms with Gasteiger partial charge in [-0.1, -0.05) is 48.0 Å². The first-order chi connectivity index (χ1) is 14.7. The third kappa shape index (κ3) is 3.06. The highest BCUT2D eigenvalue weighted by Gasteiger charge is 2.42. The fraction of sp³-hybridized carbons (Fsp3) is 0.208. The summed E-state index contributed by atoms with van der Waals surface area (Å²) in [5, 5.41) is 7.73. The quantitative estimate of drug-likeness (QED) is 0.551. The lowest BCUT2D eigenvalue weighted by molar-refractivity contribution is -0.0205. The van der Waals surface area contributed by atoms with Crippen LogP contribution in [0, 0.1) is 0 Å². The number of nitrogens with zero attached hydrogens (tertiary/aromatic N) is 2. The summed E-state index contributed by atoms with van der Waals surface area (Å²) < 4.78 is 17.6. The lowest BCUT2D eigenvalue weighted by Gasteiger charge is -2.38. The van der Waals surface area contributed by atoms with E-state index >= 15 is 0 Å². The maximum atomic E-state index is 6.44. The highest BCUT2D eigenvalue weighted by atomic mass is 35.5. The zero-order chi connectivity index (χ0) is 20.7. The third-order valence-electron chi connectivity index (χ3n) is 5.58. The van der Waals surface area contributed by atoms with Crippen LogP contribution >= 0.6 is 11.6 Å². The van der Waals surface area contributed by atoms with Gasteiger partial charge in [0.05, 0.1) is 31.5 Å². The summed E-state index contributed by atoms with van der Waals surface area (Å²) in [5.41, 5.74) is 4.06. The minimum Gasteiger partial charge on any atom is -0.493 e. The third-order valence-corrected chi connectivity index (χ3v) is 5.83. The van der Waals surface area contributed by atoms with Gasteiger partial charge in [-0.05, 0) is 35.9 Å². The Balaban J connectivity index is 1.62. The van der Waals surface area contributed by atoms with Crippen LogP contribution in [0.3, 0.4) is 0 Å². The predicted molar refractivity (Wildman–Crippen MR) is 117 cm³/mol. The lowest BCUT2D eigenvalue weighted by Crippen LogP contribution is -2.34.